The summed E-state index contributed by atoms with van der Waals surface area (Å²) in [6, 6.07) is 8.90. The van der Waals surface area contributed by atoms with Gasteiger partial charge in [-0.05, 0) is 42.7 Å². The van der Waals surface area contributed by atoms with E-state index in [2.05, 4.69) is 56.0 Å². The molecular formula is C20H25NO. The van der Waals surface area contributed by atoms with Gasteiger partial charge in [0.25, 0.3) is 0 Å². The van der Waals surface area contributed by atoms with Crippen molar-refractivity contribution in [3.8, 4) is 0 Å². The van der Waals surface area contributed by atoms with Crippen LogP contribution in [0.1, 0.15) is 45.6 Å². The first-order valence-electron chi connectivity index (χ1n) is 8.57. The number of fused-ring (bicyclic) bond motifs is 2. The molecule has 22 heavy (non-hydrogen) atoms. The van der Waals surface area contributed by atoms with Crippen molar-refractivity contribution in [3.05, 3.63) is 41.5 Å². The zero-order valence-corrected chi connectivity index (χ0v) is 13.9. The first-order chi connectivity index (χ1) is 10.5. The van der Waals surface area contributed by atoms with Gasteiger partial charge >= 0.3 is 0 Å². The lowest BCUT2D eigenvalue weighted by Gasteiger charge is -2.52. The van der Waals surface area contributed by atoms with E-state index < -0.39 is 0 Å². The highest BCUT2D eigenvalue weighted by Crippen LogP contribution is 2.60. The van der Waals surface area contributed by atoms with Crippen LogP contribution in [0.5, 0.6) is 0 Å². The van der Waals surface area contributed by atoms with E-state index in [1.54, 1.807) is 12.5 Å². The third-order valence-corrected chi connectivity index (χ3v) is 6.31. The van der Waals surface area contributed by atoms with Gasteiger partial charge in [0.1, 0.15) is 0 Å². The summed E-state index contributed by atoms with van der Waals surface area (Å²) in [7, 11) is 0. The Morgan fingerprint density at radius 2 is 2.00 bits per heavy atom. The second-order valence-corrected chi connectivity index (χ2v) is 7.70. The maximum Gasteiger partial charge on any atom is 0.224 e. The number of benzene rings is 1. The Bertz CT molecular complexity index is 659. The largest absolute Gasteiger partial charge is 0.308 e. The van der Waals surface area contributed by atoms with Crippen LogP contribution >= 0.6 is 0 Å². The van der Waals surface area contributed by atoms with Crippen LogP contribution < -0.4 is 4.90 Å². The van der Waals surface area contributed by atoms with Gasteiger partial charge in [0, 0.05) is 24.4 Å². The maximum atomic E-state index is 12.4. The topological polar surface area (TPSA) is 20.3 Å². The summed E-state index contributed by atoms with van der Waals surface area (Å²) >= 11 is 0. The molecule has 0 spiro atoms. The van der Waals surface area contributed by atoms with Gasteiger partial charge in [0.2, 0.25) is 5.91 Å². The summed E-state index contributed by atoms with van der Waals surface area (Å²) in [6.07, 6.45) is 3.77. The molecule has 1 aliphatic heterocycles. The Balaban J connectivity index is 1.88. The predicted octanol–water partition coefficient (Wildman–Crippen LogP) is 4.37. The Hall–Kier alpha value is -1.57. The van der Waals surface area contributed by atoms with Crippen molar-refractivity contribution in [2.24, 2.45) is 23.7 Å². The molecule has 1 aromatic carbocycles. The third-order valence-electron chi connectivity index (χ3n) is 6.31. The minimum absolute atomic E-state index is 0.195. The van der Waals surface area contributed by atoms with E-state index in [9.17, 15) is 4.79 Å². The zero-order valence-electron chi connectivity index (χ0n) is 13.9. The minimum Gasteiger partial charge on any atom is -0.308 e. The van der Waals surface area contributed by atoms with E-state index >= 15 is 0 Å². The number of carbonyl (C=O) groups excluding carboxylic acids is 1. The number of hydrogen-bond donors (Lipinski definition) is 0. The van der Waals surface area contributed by atoms with Crippen molar-refractivity contribution in [1.29, 1.82) is 0 Å². The summed E-state index contributed by atoms with van der Waals surface area (Å²) in [6.45, 7) is 8.69. The van der Waals surface area contributed by atoms with Gasteiger partial charge < -0.3 is 4.90 Å². The molecule has 1 fully saturated rings. The van der Waals surface area contributed by atoms with Gasteiger partial charge in [-0.15, -0.1) is 0 Å². The molecule has 5 atom stereocenters. The lowest BCUT2D eigenvalue weighted by Crippen LogP contribution is -2.53. The van der Waals surface area contributed by atoms with E-state index in [-0.39, 0.29) is 5.91 Å². The normalized spacial score (nSPS) is 35.4. The fourth-order valence-electron chi connectivity index (χ4n) is 5.43. The van der Waals surface area contributed by atoms with E-state index in [0.717, 1.165) is 5.69 Å². The molecule has 0 radical (unpaired) electrons. The number of nitrogens with zero attached hydrogens (tertiary/aromatic N) is 1. The highest BCUT2D eigenvalue weighted by molar-refractivity contribution is 5.95. The van der Waals surface area contributed by atoms with Gasteiger partial charge in [-0.1, -0.05) is 43.7 Å². The van der Waals surface area contributed by atoms with E-state index in [1.165, 1.54) is 12.0 Å². The molecule has 0 saturated heterocycles. The number of rotatable bonds is 1. The Labute approximate surface area is 133 Å². The summed E-state index contributed by atoms with van der Waals surface area (Å²) < 4.78 is 0. The number of carbonyl (C=O) groups is 1. The summed E-state index contributed by atoms with van der Waals surface area (Å²) in [4.78, 5) is 14.5. The number of para-hydroxylation sites is 1. The molecular weight excluding hydrogens is 270 g/mol. The minimum atomic E-state index is 0.195. The Kier molecular flexibility index (Phi) is 3.01. The summed E-state index contributed by atoms with van der Waals surface area (Å²) in [5.41, 5.74) is 4.10. The Morgan fingerprint density at radius 1 is 1.27 bits per heavy atom. The van der Waals surface area contributed by atoms with Crippen LogP contribution in [-0.4, -0.2) is 11.9 Å². The van der Waals surface area contributed by atoms with Crippen LogP contribution in [0.4, 0.5) is 5.69 Å². The second kappa shape index (κ2) is 4.71. The lowest BCUT2D eigenvalue weighted by atomic mass is 9.55. The Morgan fingerprint density at radius 3 is 2.68 bits per heavy atom. The molecule has 3 aliphatic carbocycles. The number of amides is 1. The van der Waals surface area contributed by atoms with Crippen molar-refractivity contribution in [2.45, 2.75) is 46.1 Å². The van der Waals surface area contributed by atoms with Crippen LogP contribution in [0.25, 0.3) is 0 Å². The van der Waals surface area contributed by atoms with Crippen molar-refractivity contribution in [2.75, 3.05) is 4.90 Å². The molecule has 2 heteroatoms. The quantitative estimate of drug-likeness (QED) is 0.704. The average Bonchev–Trinajstić information content (AvgIpc) is 2.83. The second-order valence-electron chi connectivity index (χ2n) is 7.70. The van der Waals surface area contributed by atoms with Crippen LogP contribution in [0, 0.1) is 23.7 Å². The number of hydrogen-bond acceptors (Lipinski definition) is 1. The van der Waals surface area contributed by atoms with Gasteiger partial charge in [-0.3, -0.25) is 4.79 Å². The zero-order chi connectivity index (χ0) is 15.6. The molecule has 0 N–H and O–H groups in total. The van der Waals surface area contributed by atoms with E-state index in [4.69, 9.17) is 0 Å². The smallest absolute Gasteiger partial charge is 0.224 e. The van der Waals surface area contributed by atoms with Gasteiger partial charge in [0.05, 0.1) is 6.04 Å². The highest BCUT2D eigenvalue weighted by atomic mass is 16.2. The monoisotopic (exact) mass is 295 g/mol. The van der Waals surface area contributed by atoms with Crippen LogP contribution in [0.2, 0.25) is 0 Å². The van der Waals surface area contributed by atoms with E-state index in [0.29, 0.717) is 35.6 Å². The summed E-state index contributed by atoms with van der Waals surface area (Å²) in [5.74, 6) is 3.19. The standard InChI is InChI=1S/C20H25NO/c1-11(2)15-10-16-12(3)9-17(15)20-19(16)14-7-5-6-8-18(14)21(20)13(4)22/h5-9,11,15-17,19-20H,10H2,1-4H3/t15?,16-,17-,19?,20?/m0/s1. The highest BCUT2D eigenvalue weighted by Gasteiger charge is 2.55. The van der Waals surface area contributed by atoms with Crippen LogP contribution in [-0.2, 0) is 4.79 Å². The molecule has 1 saturated carbocycles. The maximum absolute atomic E-state index is 12.4. The van der Waals surface area contributed by atoms with Crippen LogP contribution in [0.15, 0.2) is 35.9 Å². The van der Waals surface area contributed by atoms with Crippen molar-refractivity contribution in [3.63, 3.8) is 0 Å². The van der Waals surface area contributed by atoms with Gasteiger partial charge in [-0.25, -0.2) is 0 Å². The first-order valence-corrected chi connectivity index (χ1v) is 8.57. The molecule has 1 aromatic rings. The molecule has 0 aromatic heterocycles. The molecule has 2 nitrogen and oxygen atoms in total. The van der Waals surface area contributed by atoms with Gasteiger partial charge in [0.15, 0.2) is 0 Å². The predicted molar refractivity (Wildman–Crippen MR) is 89.8 cm³/mol. The molecule has 1 heterocycles. The number of allylic oxidation sites excluding steroid dienone is 1. The SMILES string of the molecule is CC(=O)N1c2ccccc2C2C1[C@H]1C=C(C)[C@@H]2CC1C(C)C. The summed E-state index contributed by atoms with van der Waals surface area (Å²) in [5, 5.41) is 0. The molecule has 1 amide bonds. The molecule has 5 rings (SSSR count). The number of anilines is 1. The molecule has 3 unspecified atom stereocenters. The fraction of sp³-hybridized carbons (Fsp3) is 0.550. The van der Waals surface area contributed by atoms with Crippen molar-refractivity contribution < 1.29 is 4.79 Å². The van der Waals surface area contributed by atoms with Crippen LogP contribution in [0.3, 0.4) is 0 Å². The first kappa shape index (κ1) is 14.0. The molecule has 4 aliphatic rings. The molecule has 2 bridgehead atoms. The van der Waals surface area contributed by atoms with Gasteiger partial charge in [-0.2, -0.15) is 0 Å². The molecule has 116 valence electrons. The fourth-order valence-corrected chi connectivity index (χ4v) is 5.43. The van der Waals surface area contributed by atoms with Crippen molar-refractivity contribution >= 4 is 11.6 Å². The lowest BCUT2D eigenvalue weighted by molar-refractivity contribution is -0.117. The van der Waals surface area contributed by atoms with E-state index in [1.807, 2.05) is 0 Å². The average molecular weight is 295 g/mol. The van der Waals surface area contributed by atoms with Crippen molar-refractivity contribution in [1.82, 2.24) is 0 Å². The third kappa shape index (κ3) is 1.70.